The Morgan fingerprint density at radius 3 is 1.69 bits per heavy atom. The molecule has 2 aromatic carbocycles. The maximum absolute atomic E-state index is 11.8. The first-order valence-corrected chi connectivity index (χ1v) is 11.0. The molecule has 0 radical (unpaired) electrons. The number of pyridine rings is 1. The molecule has 3 rings (SSSR count). The average Bonchev–Trinajstić information content (AvgIpc) is 2.91. The Kier molecular flexibility index (Phi) is 10.3. The van der Waals surface area contributed by atoms with Crippen LogP contribution in [-0.4, -0.2) is 57.3 Å². The van der Waals surface area contributed by atoms with Crippen molar-refractivity contribution in [2.45, 2.75) is 0 Å². The highest BCUT2D eigenvalue weighted by Gasteiger charge is 2.17. The fourth-order valence-electron chi connectivity index (χ4n) is 2.87. The summed E-state index contributed by atoms with van der Waals surface area (Å²) >= 11 is 1.97. The van der Waals surface area contributed by atoms with Crippen molar-refractivity contribution < 1.29 is 38.1 Å². The van der Waals surface area contributed by atoms with Gasteiger partial charge in [0.05, 0.1) is 50.7 Å². The van der Waals surface area contributed by atoms with E-state index in [0.717, 1.165) is 5.56 Å². The molecule has 9 nitrogen and oxygen atoms in total. The molecule has 0 bridgehead atoms. The number of halogens is 1. The third-order valence-electron chi connectivity index (χ3n) is 4.61. The highest BCUT2D eigenvalue weighted by molar-refractivity contribution is 14.1. The summed E-state index contributed by atoms with van der Waals surface area (Å²) in [4.78, 5) is 49.8. The van der Waals surface area contributed by atoms with Crippen LogP contribution >= 0.6 is 22.6 Å². The molecule has 0 spiro atoms. The molecule has 0 unspecified atom stereocenters. The molecule has 0 amide bonds. The van der Waals surface area contributed by atoms with Crippen molar-refractivity contribution in [3.63, 3.8) is 0 Å². The SMILES string of the molecule is COC(=O)c1ccc(C(=O)OC)c(-c2cccnc2)c1.COC(=O)c1ccc(C(=O)OC)c(I)c1. The van der Waals surface area contributed by atoms with Gasteiger partial charge < -0.3 is 18.9 Å². The standard InChI is InChI=1S/C15H13NO4.C10H9IO4/c1-19-14(17)10-5-6-12(15(18)20-2)13(8-10)11-4-3-7-16-9-11;1-14-9(12)6-3-4-7(8(11)5-6)10(13)15-2/h3-9H,1-2H3;3-5H,1-2H3. The number of nitrogens with zero attached hydrogens (tertiary/aromatic N) is 1. The summed E-state index contributed by atoms with van der Waals surface area (Å²) < 4.78 is 19.2. The monoisotopic (exact) mass is 591 g/mol. The van der Waals surface area contributed by atoms with Crippen LogP contribution in [0.15, 0.2) is 60.9 Å². The van der Waals surface area contributed by atoms with Gasteiger partial charge >= 0.3 is 23.9 Å². The van der Waals surface area contributed by atoms with Crippen LogP contribution in [0.5, 0.6) is 0 Å². The van der Waals surface area contributed by atoms with Gasteiger partial charge in [-0.05, 0) is 70.6 Å². The third-order valence-corrected chi connectivity index (χ3v) is 5.51. The first-order valence-electron chi connectivity index (χ1n) is 9.94. The summed E-state index contributed by atoms with van der Waals surface area (Å²) in [7, 11) is 5.24. The smallest absolute Gasteiger partial charge is 0.338 e. The molecular formula is C25H22INO8. The van der Waals surface area contributed by atoms with Gasteiger partial charge in [-0.15, -0.1) is 0 Å². The van der Waals surface area contributed by atoms with Crippen molar-refractivity contribution in [1.29, 1.82) is 0 Å². The van der Waals surface area contributed by atoms with Gasteiger partial charge in [-0.25, -0.2) is 19.2 Å². The lowest BCUT2D eigenvalue weighted by Crippen LogP contribution is -2.07. The Labute approximate surface area is 215 Å². The minimum Gasteiger partial charge on any atom is -0.465 e. The number of hydrogen-bond donors (Lipinski definition) is 0. The number of ether oxygens (including phenoxy) is 4. The van der Waals surface area contributed by atoms with E-state index in [1.165, 1.54) is 40.6 Å². The summed E-state index contributed by atoms with van der Waals surface area (Å²) in [5.74, 6) is -1.79. The Morgan fingerprint density at radius 2 is 1.20 bits per heavy atom. The zero-order valence-electron chi connectivity index (χ0n) is 19.4. The fourth-order valence-corrected chi connectivity index (χ4v) is 3.61. The molecule has 3 aromatic rings. The van der Waals surface area contributed by atoms with Gasteiger partial charge in [0.25, 0.3) is 0 Å². The molecule has 0 aliphatic heterocycles. The topological polar surface area (TPSA) is 118 Å². The van der Waals surface area contributed by atoms with Crippen LogP contribution in [0.4, 0.5) is 0 Å². The van der Waals surface area contributed by atoms with Crippen LogP contribution in [-0.2, 0) is 18.9 Å². The molecule has 0 saturated heterocycles. The number of rotatable bonds is 5. The van der Waals surface area contributed by atoms with Gasteiger partial charge in [0.1, 0.15) is 0 Å². The van der Waals surface area contributed by atoms with E-state index < -0.39 is 23.9 Å². The summed E-state index contributed by atoms with van der Waals surface area (Å²) in [5, 5.41) is 0. The Bertz CT molecular complexity index is 1230. The van der Waals surface area contributed by atoms with Crippen LogP contribution in [0.25, 0.3) is 11.1 Å². The molecule has 0 aliphatic carbocycles. The first kappa shape index (κ1) is 27.4. The van der Waals surface area contributed by atoms with E-state index in [2.05, 4.69) is 19.2 Å². The number of aromatic nitrogens is 1. The summed E-state index contributed by atoms with van der Waals surface area (Å²) in [6.45, 7) is 0. The van der Waals surface area contributed by atoms with E-state index in [1.54, 1.807) is 48.8 Å². The first-order chi connectivity index (χ1) is 16.8. The maximum Gasteiger partial charge on any atom is 0.338 e. The molecule has 1 heterocycles. The minimum atomic E-state index is -0.472. The lowest BCUT2D eigenvalue weighted by atomic mass is 9.98. The van der Waals surface area contributed by atoms with E-state index in [0.29, 0.717) is 31.4 Å². The zero-order valence-corrected chi connectivity index (χ0v) is 21.5. The lowest BCUT2D eigenvalue weighted by molar-refractivity contribution is 0.0585. The molecule has 35 heavy (non-hydrogen) atoms. The van der Waals surface area contributed by atoms with E-state index in [9.17, 15) is 19.2 Å². The van der Waals surface area contributed by atoms with Gasteiger partial charge in [0, 0.05) is 21.5 Å². The number of methoxy groups -OCH3 is 4. The Balaban J connectivity index is 0.000000258. The molecule has 0 saturated carbocycles. The summed E-state index contributed by atoms with van der Waals surface area (Å²) in [6.07, 6.45) is 3.24. The van der Waals surface area contributed by atoms with Gasteiger partial charge in [0.15, 0.2) is 0 Å². The van der Waals surface area contributed by atoms with E-state index in [4.69, 9.17) is 4.74 Å². The van der Waals surface area contributed by atoms with Crippen molar-refractivity contribution in [3.05, 3.63) is 86.7 Å². The number of hydrogen-bond acceptors (Lipinski definition) is 9. The van der Waals surface area contributed by atoms with Crippen molar-refractivity contribution >= 4 is 46.5 Å². The molecule has 0 fully saturated rings. The quantitative estimate of drug-likeness (QED) is 0.245. The van der Waals surface area contributed by atoms with Crippen LogP contribution in [0.1, 0.15) is 41.4 Å². The molecule has 182 valence electrons. The predicted molar refractivity (Wildman–Crippen MR) is 134 cm³/mol. The van der Waals surface area contributed by atoms with Gasteiger partial charge in [-0.3, -0.25) is 4.98 Å². The molecule has 10 heteroatoms. The molecule has 0 N–H and O–H groups in total. The number of carbonyl (C=O) groups excluding carboxylic acids is 4. The Morgan fingerprint density at radius 1 is 0.686 bits per heavy atom. The average molecular weight is 591 g/mol. The molecule has 0 aliphatic rings. The maximum atomic E-state index is 11.8. The van der Waals surface area contributed by atoms with Crippen molar-refractivity contribution in [1.82, 2.24) is 4.98 Å². The van der Waals surface area contributed by atoms with Crippen molar-refractivity contribution in [2.24, 2.45) is 0 Å². The lowest BCUT2D eigenvalue weighted by Gasteiger charge is -2.09. The predicted octanol–water partition coefficient (Wildman–Crippen LogP) is 4.19. The van der Waals surface area contributed by atoms with Crippen LogP contribution in [0.3, 0.4) is 0 Å². The van der Waals surface area contributed by atoms with Crippen molar-refractivity contribution in [3.8, 4) is 11.1 Å². The second-order valence-corrected chi connectivity index (χ2v) is 7.83. The zero-order chi connectivity index (χ0) is 26.0. The van der Waals surface area contributed by atoms with E-state index >= 15 is 0 Å². The molecule has 0 atom stereocenters. The largest absolute Gasteiger partial charge is 0.465 e. The Hall–Kier alpha value is -3.80. The number of esters is 4. The fraction of sp³-hybridized carbons (Fsp3) is 0.160. The van der Waals surface area contributed by atoms with E-state index in [1.807, 2.05) is 22.6 Å². The van der Waals surface area contributed by atoms with Gasteiger partial charge in [0.2, 0.25) is 0 Å². The second-order valence-electron chi connectivity index (χ2n) is 6.66. The van der Waals surface area contributed by atoms with Gasteiger partial charge in [-0.2, -0.15) is 0 Å². The minimum absolute atomic E-state index is 0.360. The molecule has 1 aromatic heterocycles. The second kappa shape index (κ2) is 13.2. The van der Waals surface area contributed by atoms with Gasteiger partial charge in [-0.1, -0.05) is 6.07 Å². The van der Waals surface area contributed by atoms with Crippen LogP contribution < -0.4 is 0 Å². The van der Waals surface area contributed by atoms with Crippen LogP contribution in [0, 0.1) is 3.57 Å². The third kappa shape index (κ3) is 7.09. The van der Waals surface area contributed by atoms with Crippen molar-refractivity contribution in [2.75, 3.05) is 28.4 Å². The van der Waals surface area contributed by atoms with E-state index in [-0.39, 0.29) is 0 Å². The molecular weight excluding hydrogens is 569 g/mol. The number of carbonyl (C=O) groups is 4. The highest BCUT2D eigenvalue weighted by Crippen LogP contribution is 2.25. The normalized spacial score (nSPS) is 9.74. The summed E-state index contributed by atoms with van der Waals surface area (Å²) in [5.41, 5.74) is 2.87. The highest BCUT2D eigenvalue weighted by atomic mass is 127. The van der Waals surface area contributed by atoms with Crippen LogP contribution in [0.2, 0.25) is 0 Å². The summed E-state index contributed by atoms with van der Waals surface area (Å²) in [6, 6.07) is 12.9. The number of benzene rings is 2.